The van der Waals surface area contributed by atoms with Gasteiger partial charge in [-0.05, 0) is 32.3 Å². The second kappa shape index (κ2) is 8.88. The Morgan fingerprint density at radius 2 is 1.89 bits per heavy atom. The van der Waals surface area contributed by atoms with Crippen LogP contribution in [-0.4, -0.2) is 55.1 Å². The highest BCUT2D eigenvalue weighted by atomic mass is 19.4. The predicted octanol–water partition coefficient (Wildman–Crippen LogP) is 2.95. The first-order valence-corrected chi connectivity index (χ1v) is 11.3. The summed E-state index contributed by atoms with van der Waals surface area (Å²) in [6, 6.07) is 1.30. The molecule has 1 aliphatic carbocycles. The Bertz CT molecular complexity index is 1020. The molecule has 7 nitrogen and oxygen atoms in total. The normalized spacial score (nSPS) is 36.7. The molecule has 12 heteroatoms. The Kier molecular flexibility index (Phi) is 6.50. The average Bonchev–Trinajstić information content (AvgIpc) is 3.07. The lowest BCUT2D eigenvalue weighted by Gasteiger charge is -2.46. The van der Waals surface area contributed by atoms with Gasteiger partial charge in [-0.2, -0.15) is 17.6 Å². The smallest absolute Gasteiger partial charge is 0.417 e. The minimum absolute atomic E-state index is 0.115. The molecule has 3 heterocycles. The maximum Gasteiger partial charge on any atom is 0.417 e. The van der Waals surface area contributed by atoms with Crippen LogP contribution in [0.3, 0.4) is 0 Å². The van der Waals surface area contributed by atoms with Crippen LogP contribution in [0, 0.1) is 23.5 Å². The van der Waals surface area contributed by atoms with Gasteiger partial charge < -0.3 is 25.3 Å². The van der Waals surface area contributed by atoms with Crippen molar-refractivity contribution in [3.05, 3.63) is 29.3 Å². The number of primary amides is 1. The van der Waals surface area contributed by atoms with Crippen LogP contribution in [0.15, 0.2) is 12.1 Å². The van der Waals surface area contributed by atoms with E-state index in [-0.39, 0.29) is 11.7 Å². The van der Waals surface area contributed by atoms with Gasteiger partial charge in [0.2, 0.25) is 17.6 Å². The SMILES string of the molecule is COc1c([C@H]2[C@H](C(=O)NC3CC4CCC3C(C(N)=O)O4)O[C@@](C)(C(F)(F)F)[C@H]2C)ccc(F)c1F. The second-order valence-electron chi connectivity index (χ2n) is 9.61. The zero-order valence-corrected chi connectivity index (χ0v) is 19.3. The summed E-state index contributed by atoms with van der Waals surface area (Å²) in [5.41, 5.74) is 2.56. The molecule has 194 valence electrons. The highest BCUT2D eigenvalue weighted by Crippen LogP contribution is 2.55. The molecule has 2 amide bonds. The summed E-state index contributed by atoms with van der Waals surface area (Å²) in [6.45, 7) is 2.06. The molecule has 1 aromatic carbocycles. The van der Waals surface area contributed by atoms with E-state index in [9.17, 15) is 31.5 Å². The van der Waals surface area contributed by atoms with Crippen molar-refractivity contribution in [2.45, 2.75) is 75.2 Å². The summed E-state index contributed by atoms with van der Waals surface area (Å²) < 4.78 is 86.5. The zero-order chi connectivity index (χ0) is 25.9. The molecular weight excluding hydrogens is 479 g/mol. The molecule has 8 atom stereocenters. The minimum atomic E-state index is -4.86. The van der Waals surface area contributed by atoms with Crippen molar-refractivity contribution in [2.24, 2.45) is 17.6 Å². The number of nitrogens with one attached hydrogen (secondary N) is 1. The van der Waals surface area contributed by atoms with E-state index in [1.807, 2.05) is 0 Å². The van der Waals surface area contributed by atoms with Crippen molar-refractivity contribution in [3.8, 4) is 5.75 Å². The molecule has 3 N–H and O–H groups in total. The number of benzene rings is 1. The lowest BCUT2D eigenvalue weighted by molar-refractivity contribution is -0.272. The summed E-state index contributed by atoms with van der Waals surface area (Å²) in [7, 11) is 1.06. The fourth-order valence-corrected chi connectivity index (χ4v) is 5.70. The Morgan fingerprint density at radius 3 is 2.46 bits per heavy atom. The number of halogens is 5. The number of alkyl halides is 3. The van der Waals surface area contributed by atoms with Crippen LogP contribution in [0.5, 0.6) is 5.75 Å². The van der Waals surface area contributed by atoms with Crippen LogP contribution in [0.4, 0.5) is 22.0 Å². The molecule has 4 aliphatic rings. The molecule has 0 aromatic heterocycles. The number of hydrogen-bond acceptors (Lipinski definition) is 5. The van der Waals surface area contributed by atoms with Crippen LogP contribution >= 0.6 is 0 Å². The quantitative estimate of drug-likeness (QED) is 0.599. The molecule has 1 aromatic rings. The maximum absolute atomic E-state index is 14.5. The van der Waals surface area contributed by atoms with Gasteiger partial charge in [0.15, 0.2) is 17.2 Å². The van der Waals surface area contributed by atoms with Crippen molar-refractivity contribution < 1.29 is 45.8 Å². The lowest BCUT2D eigenvalue weighted by Crippen LogP contribution is -2.60. The molecule has 3 aliphatic heterocycles. The van der Waals surface area contributed by atoms with E-state index in [4.69, 9.17) is 19.9 Å². The van der Waals surface area contributed by atoms with Crippen molar-refractivity contribution >= 4 is 11.8 Å². The first-order chi connectivity index (χ1) is 16.3. The van der Waals surface area contributed by atoms with Gasteiger partial charge in [-0.3, -0.25) is 9.59 Å². The monoisotopic (exact) mass is 506 g/mol. The van der Waals surface area contributed by atoms with Gasteiger partial charge in [-0.25, -0.2) is 4.39 Å². The summed E-state index contributed by atoms with van der Waals surface area (Å²) >= 11 is 0. The number of carbonyl (C=O) groups excluding carboxylic acids is 2. The van der Waals surface area contributed by atoms with Crippen LogP contribution in [0.1, 0.15) is 44.6 Å². The fourth-order valence-electron chi connectivity index (χ4n) is 5.70. The van der Waals surface area contributed by atoms with Gasteiger partial charge >= 0.3 is 6.18 Å². The summed E-state index contributed by atoms with van der Waals surface area (Å²) in [4.78, 5) is 25.2. The molecule has 35 heavy (non-hydrogen) atoms. The molecule has 4 fully saturated rings. The van der Waals surface area contributed by atoms with E-state index in [0.717, 1.165) is 26.2 Å². The molecule has 5 rings (SSSR count). The summed E-state index contributed by atoms with van der Waals surface area (Å²) in [5.74, 6) is -7.85. The van der Waals surface area contributed by atoms with Gasteiger partial charge in [-0.15, -0.1) is 0 Å². The molecule has 2 bridgehead atoms. The molecule has 0 spiro atoms. The minimum Gasteiger partial charge on any atom is -0.493 e. The third-order valence-electron chi connectivity index (χ3n) is 7.76. The van der Waals surface area contributed by atoms with Gasteiger partial charge in [0.1, 0.15) is 12.2 Å². The van der Waals surface area contributed by atoms with Gasteiger partial charge in [0, 0.05) is 29.4 Å². The number of hydrogen-bond donors (Lipinski definition) is 2. The van der Waals surface area contributed by atoms with Crippen molar-refractivity contribution in [1.29, 1.82) is 0 Å². The summed E-state index contributed by atoms with van der Waals surface area (Å²) in [6.07, 6.45) is -6.22. The van der Waals surface area contributed by atoms with Crippen LogP contribution < -0.4 is 15.8 Å². The average molecular weight is 506 g/mol. The predicted molar refractivity (Wildman–Crippen MR) is 111 cm³/mol. The Labute approximate surface area is 198 Å². The largest absolute Gasteiger partial charge is 0.493 e. The van der Waals surface area contributed by atoms with Crippen molar-refractivity contribution in [2.75, 3.05) is 7.11 Å². The maximum atomic E-state index is 14.5. The third kappa shape index (κ3) is 4.14. The summed E-state index contributed by atoms with van der Waals surface area (Å²) in [5, 5.41) is 2.72. The number of amides is 2. The standard InChI is InChI=1S/C23H27F5N2O5/c1-9-15(12-6-7-13(24)16(25)17(12)33-3)19(35-22(9,2)23(26,27)28)21(32)30-14-8-10-4-5-11(14)18(34-10)20(29)31/h6-7,9-11,14-15,18-19H,4-5,8H2,1-3H3,(H2,29,31)(H,30,32)/t9-,10?,11?,14?,15-,18?,19+,22+/m0/s1. The fraction of sp³-hybridized carbons (Fsp3) is 0.652. The van der Waals surface area contributed by atoms with Gasteiger partial charge in [0.05, 0.1) is 13.2 Å². The zero-order valence-electron chi connectivity index (χ0n) is 19.3. The Balaban J connectivity index is 1.70. The third-order valence-corrected chi connectivity index (χ3v) is 7.76. The van der Waals surface area contributed by atoms with Crippen molar-refractivity contribution in [1.82, 2.24) is 5.32 Å². The molecule has 0 radical (unpaired) electrons. The highest BCUT2D eigenvalue weighted by molar-refractivity contribution is 5.84. The van der Waals surface area contributed by atoms with Gasteiger partial charge in [-0.1, -0.05) is 13.0 Å². The molecule has 1 saturated carbocycles. The Morgan fingerprint density at radius 1 is 1.20 bits per heavy atom. The lowest BCUT2D eigenvalue weighted by atomic mass is 9.75. The Hall–Kier alpha value is -2.47. The number of rotatable bonds is 5. The van der Waals surface area contributed by atoms with E-state index in [1.165, 1.54) is 6.92 Å². The van der Waals surface area contributed by atoms with E-state index >= 15 is 0 Å². The van der Waals surface area contributed by atoms with Crippen LogP contribution in [0.2, 0.25) is 0 Å². The van der Waals surface area contributed by atoms with E-state index in [2.05, 4.69) is 5.32 Å². The first-order valence-electron chi connectivity index (χ1n) is 11.3. The topological polar surface area (TPSA) is 99.9 Å². The van der Waals surface area contributed by atoms with E-state index in [1.54, 1.807) is 0 Å². The van der Waals surface area contributed by atoms with Crippen LogP contribution in [-0.2, 0) is 19.1 Å². The number of methoxy groups -OCH3 is 1. The molecule has 3 saturated heterocycles. The highest BCUT2D eigenvalue weighted by Gasteiger charge is 2.66. The first kappa shape index (κ1) is 25.6. The molecular formula is C23H27F5N2O5. The number of nitrogens with two attached hydrogens (primary N) is 1. The van der Waals surface area contributed by atoms with Gasteiger partial charge in [0.25, 0.3) is 0 Å². The van der Waals surface area contributed by atoms with Crippen molar-refractivity contribution in [3.63, 3.8) is 0 Å². The number of fused-ring (bicyclic) bond motifs is 3. The number of carbonyl (C=O) groups is 2. The number of ether oxygens (including phenoxy) is 3. The van der Waals surface area contributed by atoms with E-state index in [0.29, 0.717) is 19.3 Å². The molecule has 4 unspecified atom stereocenters. The van der Waals surface area contributed by atoms with E-state index < -0.39 is 77.0 Å². The van der Waals surface area contributed by atoms with Crippen LogP contribution in [0.25, 0.3) is 0 Å². The second-order valence-corrected chi connectivity index (χ2v) is 9.61.